The Morgan fingerprint density at radius 3 is 2.42 bits per heavy atom. The van der Waals surface area contributed by atoms with Crippen molar-refractivity contribution in [2.24, 2.45) is 5.92 Å². The number of thiazole rings is 2. The molecule has 3 heterocycles. The lowest BCUT2D eigenvalue weighted by molar-refractivity contribution is -0.120. The second kappa shape index (κ2) is 8.35. The summed E-state index contributed by atoms with van der Waals surface area (Å²) < 4.78 is 55.8. The van der Waals surface area contributed by atoms with Gasteiger partial charge < -0.3 is 5.32 Å². The highest BCUT2D eigenvalue weighted by molar-refractivity contribution is 7.89. The third kappa shape index (κ3) is 4.12. The molecule has 0 saturated carbocycles. The number of sulfonamides is 1. The van der Waals surface area contributed by atoms with Crippen molar-refractivity contribution in [1.29, 1.82) is 0 Å². The Bertz CT molecular complexity index is 1490. The van der Waals surface area contributed by atoms with Crippen molar-refractivity contribution in [3.8, 4) is 0 Å². The Morgan fingerprint density at radius 2 is 1.73 bits per heavy atom. The SMILES string of the molecule is Cc1nc2ccc3nc(NC(=O)C4CCN(S(=O)(=O)c5ccc(F)cc5F)CC4)sc3c2s1. The molecule has 2 aromatic heterocycles. The van der Waals surface area contributed by atoms with Gasteiger partial charge in [-0.2, -0.15) is 4.31 Å². The molecule has 0 atom stereocenters. The number of halogens is 2. The highest BCUT2D eigenvalue weighted by Crippen LogP contribution is 2.36. The van der Waals surface area contributed by atoms with Gasteiger partial charge in [-0.05, 0) is 44.0 Å². The molecule has 4 aromatic rings. The third-order valence-corrected chi connectivity index (χ3v) is 9.65. The number of fused-ring (bicyclic) bond motifs is 3. The summed E-state index contributed by atoms with van der Waals surface area (Å²) in [5, 5.41) is 4.30. The van der Waals surface area contributed by atoms with Crippen molar-refractivity contribution >= 4 is 64.2 Å². The first-order valence-corrected chi connectivity index (χ1v) is 13.2. The summed E-state index contributed by atoms with van der Waals surface area (Å²) in [6.45, 7) is 2.08. The molecule has 1 aliphatic heterocycles. The van der Waals surface area contributed by atoms with Crippen LogP contribution in [0.4, 0.5) is 13.9 Å². The van der Waals surface area contributed by atoms with Crippen molar-refractivity contribution in [2.75, 3.05) is 18.4 Å². The summed E-state index contributed by atoms with van der Waals surface area (Å²) in [4.78, 5) is 21.2. The maximum Gasteiger partial charge on any atom is 0.245 e. The van der Waals surface area contributed by atoms with Crippen LogP contribution in [0.1, 0.15) is 17.8 Å². The van der Waals surface area contributed by atoms with Crippen LogP contribution >= 0.6 is 22.7 Å². The number of hydrogen-bond acceptors (Lipinski definition) is 7. The standard InChI is InChI=1S/C21H18F2N4O3S3/c1-11-24-15-3-4-16-19(18(15)31-11)32-21(25-16)26-20(28)12-6-8-27(9-7-12)33(29,30)17-5-2-13(22)10-14(17)23/h2-5,10,12H,6-9H2,1H3,(H,25,26,28). The second-order valence-corrected chi connectivity index (χ2v) is 11.9. The van der Waals surface area contributed by atoms with E-state index in [-0.39, 0.29) is 31.8 Å². The van der Waals surface area contributed by atoms with Gasteiger partial charge in [-0.15, -0.1) is 11.3 Å². The molecule has 0 spiro atoms. The Kier molecular flexibility index (Phi) is 5.63. The molecule has 12 heteroatoms. The molecule has 1 N–H and O–H groups in total. The fraction of sp³-hybridized carbons (Fsp3) is 0.286. The number of carbonyl (C=O) groups is 1. The average molecular weight is 509 g/mol. The van der Waals surface area contributed by atoms with Crippen LogP contribution in [0.3, 0.4) is 0 Å². The molecule has 0 aliphatic carbocycles. The molecular weight excluding hydrogens is 490 g/mol. The van der Waals surface area contributed by atoms with Gasteiger partial charge in [0.1, 0.15) is 16.5 Å². The van der Waals surface area contributed by atoms with Gasteiger partial charge in [-0.3, -0.25) is 4.79 Å². The maximum atomic E-state index is 14.0. The number of anilines is 1. The van der Waals surface area contributed by atoms with E-state index < -0.39 is 32.5 Å². The normalized spacial score (nSPS) is 16.0. The molecule has 1 aliphatic rings. The van der Waals surface area contributed by atoms with Gasteiger partial charge >= 0.3 is 0 Å². The van der Waals surface area contributed by atoms with Gasteiger partial charge in [-0.25, -0.2) is 27.2 Å². The number of hydrogen-bond donors (Lipinski definition) is 1. The summed E-state index contributed by atoms with van der Waals surface area (Å²) in [5.41, 5.74) is 1.69. The molecule has 1 fully saturated rings. The molecule has 2 aromatic carbocycles. The van der Waals surface area contributed by atoms with E-state index >= 15 is 0 Å². The molecule has 172 valence electrons. The van der Waals surface area contributed by atoms with Crippen molar-refractivity contribution in [1.82, 2.24) is 14.3 Å². The van der Waals surface area contributed by atoms with Crippen LogP contribution in [0.5, 0.6) is 0 Å². The molecule has 5 rings (SSSR count). The topological polar surface area (TPSA) is 92.3 Å². The molecule has 1 amide bonds. The van der Waals surface area contributed by atoms with Gasteiger partial charge in [0.2, 0.25) is 15.9 Å². The number of piperidine rings is 1. The Morgan fingerprint density at radius 1 is 1.06 bits per heavy atom. The summed E-state index contributed by atoms with van der Waals surface area (Å²) in [6.07, 6.45) is 0.577. The van der Waals surface area contributed by atoms with Crippen LogP contribution in [0.25, 0.3) is 20.4 Å². The largest absolute Gasteiger partial charge is 0.302 e. The van der Waals surface area contributed by atoms with Crippen LogP contribution in [-0.4, -0.2) is 41.7 Å². The molecule has 0 bridgehead atoms. The number of benzene rings is 2. The average Bonchev–Trinajstić information content (AvgIpc) is 3.35. The Labute approximate surface area is 196 Å². The fourth-order valence-electron chi connectivity index (χ4n) is 3.93. The highest BCUT2D eigenvalue weighted by atomic mass is 32.2. The highest BCUT2D eigenvalue weighted by Gasteiger charge is 2.34. The van der Waals surface area contributed by atoms with Gasteiger partial charge in [0, 0.05) is 25.1 Å². The minimum absolute atomic E-state index is 0.0673. The van der Waals surface area contributed by atoms with Crippen molar-refractivity contribution in [2.45, 2.75) is 24.7 Å². The first-order chi connectivity index (χ1) is 15.7. The molecule has 0 unspecified atom stereocenters. The van der Waals surface area contributed by atoms with Gasteiger partial charge in [0.05, 0.1) is 25.4 Å². The third-order valence-electron chi connectivity index (χ3n) is 5.59. The first-order valence-electron chi connectivity index (χ1n) is 10.1. The van der Waals surface area contributed by atoms with E-state index in [2.05, 4.69) is 15.3 Å². The summed E-state index contributed by atoms with van der Waals surface area (Å²) in [5.74, 6) is -2.60. The lowest BCUT2D eigenvalue weighted by atomic mass is 9.97. The quantitative estimate of drug-likeness (QED) is 0.437. The van der Waals surface area contributed by atoms with Crippen LogP contribution in [0.15, 0.2) is 35.2 Å². The van der Waals surface area contributed by atoms with E-state index in [1.165, 1.54) is 11.3 Å². The minimum atomic E-state index is -4.11. The van der Waals surface area contributed by atoms with Gasteiger partial charge in [-0.1, -0.05) is 11.3 Å². The Hall–Kier alpha value is -2.54. The predicted octanol–water partition coefficient (Wildman–Crippen LogP) is 4.53. The van der Waals surface area contributed by atoms with Crippen molar-refractivity contribution < 1.29 is 22.0 Å². The minimum Gasteiger partial charge on any atom is -0.302 e. The fourth-order valence-corrected chi connectivity index (χ4v) is 7.45. The lowest BCUT2D eigenvalue weighted by Gasteiger charge is -2.30. The molecule has 33 heavy (non-hydrogen) atoms. The molecule has 0 radical (unpaired) electrons. The number of carbonyl (C=O) groups excluding carboxylic acids is 1. The number of amides is 1. The molecule has 7 nitrogen and oxygen atoms in total. The van der Waals surface area contributed by atoms with E-state index in [4.69, 9.17) is 0 Å². The van der Waals surface area contributed by atoms with Crippen LogP contribution in [-0.2, 0) is 14.8 Å². The molecular formula is C21H18F2N4O3S3. The summed E-state index contributed by atoms with van der Waals surface area (Å²) >= 11 is 2.97. The zero-order valence-electron chi connectivity index (χ0n) is 17.3. The van der Waals surface area contributed by atoms with E-state index in [1.54, 1.807) is 11.3 Å². The predicted molar refractivity (Wildman–Crippen MR) is 124 cm³/mol. The van der Waals surface area contributed by atoms with Gasteiger partial charge in [0.25, 0.3) is 0 Å². The number of aryl methyl sites for hydroxylation is 1. The van der Waals surface area contributed by atoms with Crippen molar-refractivity contribution in [3.63, 3.8) is 0 Å². The number of nitrogens with one attached hydrogen (secondary N) is 1. The monoisotopic (exact) mass is 508 g/mol. The van der Waals surface area contributed by atoms with Crippen LogP contribution < -0.4 is 5.32 Å². The lowest BCUT2D eigenvalue weighted by Crippen LogP contribution is -2.41. The summed E-state index contributed by atoms with van der Waals surface area (Å²) in [6, 6.07) is 6.17. The number of aromatic nitrogens is 2. The molecule has 1 saturated heterocycles. The smallest absolute Gasteiger partial charge is 0.245 e. The zero-order chi connectivity index (χ0) is 23.3. The Balaban J connectivity index is 1.27. The first kappa shape index (κ1) is 22.3. The van der Waals surface area contributed by atoms with E-state index in [0.717, 1.165) is 41.9 Å². The number of rotatable bonds is 4. The van der Waals surface area contributed by atoms with Crippen LogP contribution in [0.2, 0.25) is 0 Å². The second-order valence-electron chi connectivity index (χ2n) is 7.76. The van der Waals surface area contributed by atoms with E-state index in [0.29, 0.717) is 11.2 Å². The van der Waals surface area contributed by atoms with Crippen molar-refractivity contribution in [3.05, 3.63) is 47.0 Å². The van der Waals surface area contributed by atoms with Crippen LogP contribution in [0, 0.1) is 24.5 Å². The van der Waals surface area contributed by atoms with E-state index in [9.17, 15) is 22.0 Å². The maximum absolute atomic E-state index is 14.0. The summed E-state index contributed by atoms with van der Waals surface area (Å²) in [7, 11) is -4.11. The van der Waals surface area contributed by atoms with E-state index in [1.807, 2.05) is 19.1 Å². The van der Waals surface area contributed by atoms with Gasteiger partial charge in [0.15, 0.2) is 5.13 Å². The zero-order valence-corrected chi connectivity index (χ0v) is 19.8. The number of nitrogens with zero attached hydrogens (tertiary/aromatic N) is 3.